The monoisotopic (exact) mass is 621 g/mol. The van der Waals surface area contributed by atoms with Crippen LogP contribution in [-0.2, 0) is 23.8 Å². The van der Waals surface area contributed by atoms with Crippen molar-refractivity contribution in [2.24, 2.45) is 11.8 Å². The maximum atomic E-state index is 10.8. The normalized spacial score (nSPS) is 23.0. The summed E-state index contributed by atoms with van der Waals surface area (Å²) in [5.74, 6) is -2.18. The topological polar surface area (TPSA) is 80.3 Å². The van der Waals surface area contributed by atoms with Crippen molar-refractivity contribution < 1.29 is 34.0 Å². The Morgan fingerprint density at radius 3 is 1.18 bits per heavy atom. The third-order valence-corrected chi connectivity index (χ3v) is 6.21. The molecule has 2 unspecified atom stereocenters. The molecule has 197 valence electrons. The first-order valence-electron chi connectivity index (χ1n) is 12.8. The zero-order valence-electron chi connectivity index (χ0n) is 20.4. The van der Waals surface area contributed by atoms with E-state index in [-0.39, 0.29) is 11.8 Å². The molecular weight excluding hydrogens is 579 g/mol. The van der Waals surface area contributed by atoms with Crippen molar-refractivity contribution in [3.05, 3.63) is 24.3 Å². The number of hydrogen-bond donors (Lipinski definition) is 0. The van der Waals surface area contributed by atoms with Crippen LogP contribution < -0.4 is 10.2 Å². The molecule has 0 aromatic heterocycles. The summed E-state index contributed by atoms with van der Waals surface area (Å²) in [6.07, 6.45) is 27.8. The van der Waals surface area contributed by atoms with Gasteiger partial charge in [0.1, 0.15) is 0 Å². The van der Waals surface area contributed by atoms with Gasteiger partial charge in [-0.2, -0.15) is 0 Å². The fraction of sp³-hybridized carbons (Fsp3) is 0.769. The molecule has 0 saturated carbocycles. The first kappa shape index (κ1) is 34.0. The van der Waals surface area contributed by atoms with Gasteiger partial charge < -0.3 is 19.8 Å². The fourth-order valence-electron chi connectivity index (χ4n) is 4.19. The molecule has 0 fully saturated rings. The number of carbonyl (C=O) groups excluding carboxylic acids is 2. The SMILES string of the molecule is O=C([O-])C1CCC=CCCCCCCC1.O=C([O-])C1CCC=CCCCCCCC1.[Cl][Mo+2]([Cl])[Cl]. The molecule has 0 heterocycles. The van der Waals surface area contributed by atoms with Crippen LogP contribution in [0.3, 0.4) is 0 Å². The van der Waals surface area contributed by atoms with Crippen LogP contribution in [-0.4, -0.2) is 11.9 Å². The molecule has 0 radical (unpaired) electrons. The molecular formula is C26H42Cl3MoO4. The van der Waals surface area contributed by atoms with Crippen molar-refractivity contribution in [1.82, 2.24) is 0 Å². The number of carbonyl (C=O) groups is 2. The first-order chi connectivity index (χ1) is 16.3. The Morgan fingerprint density at radius 2 is 0.824 bits per heavy atom. The van der Waals surface area contributed by atoms with Crippen molar-refractivity contribution in [3.8, 4) is 0 Å². The summed E-state index contributed by atoms with van der Waals surface area (Å²) in [5, 5.41) is 21.7. The molecule has 2 atom stereocenters. The van der Waals surface area contributed by atoms with Gasteiger partial charge in [-0.25, -0.2) is 0 Å². The van der Waals surface area contributed by atoms with Gasteiger partial charge in [-0.1, -0.05) is 75.7 Å². The number of allylic oxidation sites excluding steroid dienone is 4. The van der Waals surface area contributed by atoms with Gasteiger partial charge in [0, 0.05) is 11.9 Å². The number of hydrogen-bond acceptors (Lipinski definition) is 4. The molecule has 0 amide bonds. The Bertz CT molecular complexity index is 521. The summed E-state index contributed by atoms with van der Waals surface area (Å²) in [6, 6.07) is 0. The van der Waals surface area contributed by atoms with E-state index in [0.29, 0.717) is 0 Å². The maximum absolute atomic E-state index is 10.8. The van der Waals surface area contributed by atoms with Crippen molar-refractivity contribution in [1.29, 1.82) is 0 Å². The average molecular weight is 621 g/mol. The summed E-state index contributed by atoms with van der Waals surface area (Å²) in [6.45, 7) is 0. The molecule has 0 spiro atoms. The predicted octanol–water partition coefficient (Wildman–Crippen LogP) is 6.93. The van der Waals surface area contributed by atoms with Gasteiger partial charge in [0.15, 0.2) is 0 Å². The third-order valence-electron chi connectivity index (χ3n) is 6.21. The van der Waals surface area contributed by atoms with Crippen molar-refractivity contribution >= 4 is 40.2 Å². The summed E-state index contributed by atoms with van der Waals surface area (Å²) in [4.78, 5) is 21.7. The van der Waals surface area contributed by atoms with Crippen LogP contribution >= 0.6 is 28.3 Å². The van der Waals surface area contributed by atoms with Gasteiger partial charge in [-0.3, -0.25) is 0 Å². The van der Waals surface area contributed by atoms with Gasteiger partial charge in [0.2, 0.25) is 0 Å². The van der Waals surface area contributed by atoms with Crippen molar-refractivity contribution in [2.45, 2.75) is 116 Å². The average Bonchev–Trinajstić information content (AvgIpc) is 2.74. The summed E-state index contributed by atoms with van der Waals surface area (Å²) < 4.78 is 0. The van der Waals surface area contributed by atoms with Gasteiger partial charge in [0.25, 0.3) is 0 Å². The van der Waals surface area contributed by atoms with Crippen LogP contribution in [0.2, 0.25) is 0 Å². The summed E-state index contributed by atoms with van der Waals surface area (Å²) >= 11 is -1.94. The Hall–Kier alpha value is -0.0217. The standard InChI is InChI=1S/2C13H22O2.3ClH.Mo/c2*14-13(15)12-10-8-6-4-2-1-3-5-7-9-11-12;;;;/h2*4,6,12H,1-3,5,7-11H2,(H,14,15);3*1H;/q;;;;;+5/p-5. The van der Waals surface area contributed by atoms with Crippen LogP contribution in [0.15, 0.2) is 24.3 Å². The van der Waals surface area contributed by atoms with E-state index in [0.717, 1.165) is 64.2 Å². The van der Waals surface area contributed by atoms with Gasteiger partial charge in [-0.15, -0.1) is 0 Å². The second-order valence-electron chi connectivity index (χ2n) is 8.99. The van der Waals surface area contributed by atoms with E-state index in [2.05, 4.69) is 24.3 Å². The minimum absolute atomic E-state index is 0.228. The molecule has 0 aromatic carbocycles. The molecule has 0 saturated heterocycles. The molecule has 0 aliphatic heterocycles. The Kier molecular flexibility index (Phi) is 24.6. The van der Waals surface area contributed by atoms with Crippen LogP contribution in [0.25, 0.3) is 0 Å². The van der Waals surface area contributed by atoms with Gasteiger partial charge >= 0.3 is 42.4 Å². The molecule has 0 N–H and O–H groups in total. The van der Waals surface area contributed by atoms with Gasteiger partial charge in [0.05, 0.1) is 0 Å². The number of halogens is 3. The van der Waals surface area contributed by atoms with E-state index in [1.807, 2.05) is 0 Å². The van der Waals surface area contributed by atoms with E-state index in [1.165, 1.54) is 51.4 Å². The Labute approximate surface area is 224 Å². The summed E-state index contributed by atoms with van der Waals surface area (Å²) in [5.41, 5.74) is 0. The van der Waals surface area contributed by atoms with E-state index >= 15 is 0 Å². The Morgan fingerprint density at radius 1 is 0.529 bits per heavy atom. The third kappa shape index (κ3) is 23.7. The van der Waals surface area contributed by atoms with Crippen LogP contribution in [0.4, 0.5) is 0 Å². The molecule has 2 aliphatic rings. The molecule has 4 nitrogen and oxygen atoms in total. The number of carboxylic acids is 2. The second-order valence-corrected chi connectivity index (χ2v) is 18.1. The number of aliphatic carboxylic acids is 2. The molecule has 8 heteroatoms. The van der Waals surface area contributed by atoms with Crippen molar-refractivity contribution in [2.75, 3.05) is 0 Å². The van der Waals surface area contributed by atoms with Crippen molar-refractivity contribution in [3.63, 3.8) is 0 Å². The molecule has 2 aliphatic carbocycles. The predicted molar refractivity (Wildman–Crippen MR) is 136 cm³/mol. The van der Waals surface area contributed by atoms with E-state index in [9.17, 15) is 19.8 Å². The van der Waals surface area contributed by atoms with Crippen LogP contribution in [0, 0.1) is 11.8 Å². The quantitative estimate of drug-likeness (QED) is 0.248. The molecule has 2 rings (SSSR count). The van der Waals surface area contributed by atoms with Crippen LogP contribution in [0.5, 0.6) is 0 Å². The fourth-order valence-corrected chi connectivity index (χ4v) is 4.19. The Balaban J connectivity index is 0.000000554. The second kappa shape index (κ2) is 24.7. The molecule has 0 aromatic rings. The summed E-state index contributed by atoms with van der Waals surface area (Å²) in [7, 11) is 14.9. The zero-order chi connectivity index (χ0) is 25.4. The first-order valence-corrected chi connectivity index (χ1v) is 20.5. The van der Waals surface area contributed by atoms with Crippen LogP contribution in [0.1, 0.15) is 116 Å². The minimum atomic E-state index is -1.94. The zero-order valence-corrected chi connectivity index (χ0v) is 24.6. The molecule has 0 bridgehead atoms. The number of rotatable bonds is 2. The molecule has 34 heavy (non-hydrogen) atoms. The number of carboxylic acid groups (broad SMARTS) is 2. The van der Waals surface area contributed by atoms with Gasteiger partial charge in [-0.05, 0) is 76.0 Å². The van der Waals surface area contributed by atoms with E-state index in [1.54, 1.807) is 0 Å². The van der Waals surface area contributed by atoms with E-state index < -0.39 is 26.1 Å². The van der Waals surface area contributed by atoms with E-state index in [4.69, 9.17) is 28.3 Å².